The minimum Gasteiger partial charge on any atom is -0.333 e. The summed E-state index contributed by atoms with van der Waals surface area (Å²) >= 11 is 0. The maximum Gasteiger partial charge on any atom is 0.166 e. The van der Waals surface area contributed by atoms with Crippen LogP contribution in [-0.2, 0) is 0 Å². The average Bonchev–Trinajstić information content (AvgIpc) is 2.60. The molecule has 0 saturated carbocycles. The summed E-state index contributed by atoms with van der Waals surface area (Å²) in [6.07, 6.45) is 9.79. The highest BCUT2D eigenvalue weighted by atomic mass is 19.2. The zero-order valence-electron chi connectivity index (χ0n) is 17.2. The van der Waals surface area contributed by atoms with Gasteiger partial charge in [-0.1, -0.05) is 91.0 Å². The van der Waals surface area contributed by atoms with E-state index in [1.165, 1.54) is 70.7 Å². The average molecular weight is 356 g/mol. The Labute approximate surface area is 154 Å². The summed E-state index contributed by atoms with van der Waals surface area (Å²) < 4.78 is 25.6. The Morgan fingerprint density at radius 3 is 1.88 bits per heavy atom. The third-order valence-corrected chi connectivity index (χ3v) is 4.07. The molecule has 0 unspecified atom stereocenters. The standard InChI is InChI=1S/C12H26.C9H8F2.CH5N/c1-5-7-12(8-6-2)10-9-11(3)4;1-3-7-5-4-6(2)8(10)9(7)11;1-2/h11-12H,5-10H2,1-4H3;3-5H,1H2,2H3;2H2,1H3. The molecule has 2 N–H and O–H groups in total. The Morgan fingerprint density at radius 1 is 0.960 bits per heavy atom. The van der Waals surface area contributed by atoms with Crippen LogP contribution in [0, 0.1) is 30.4 Å². The molecule has 3 heteroatoms. The monoisotopic (exact) mass is 355 g/mol. The van der Waals surface area contributed by atoms with E-state index < -0.39 is 11.6 Å². The molecule has 0 fully saturated rings. The minimum atomic E-state index is -0.819. The predicted molar refractivity (Wildman–Crippen MR) is 109 cm³/mol. The van der Waals surface area contributed by atoms with Gasteiger partial charge in [-0.3, -0.25) is 0 Å². The molecule has 0 spiro atoms. The molecule has 25 heavy (non-hydrogen) atoms. The van der Waals surface area contributed by atoms with Crippen LogP contribution >= 0.6 is 0 Å². The van der Waals surface area contributed by atoms with Crippen molar-refractivity contribution in [1.29, 1.82) is 0 Å². The highest BCUT2D eigenvalue weighted by Crippen LogP contribution is 2.21. The second kappa shape index (κ2) is 16.3. The van der Waals surface area contributed by atoms with Crippen LogP contribution in [0.25, 0.3) is 6.08 Å². The van der Waals surface area contributed by atoms with Crippen LogP contribution in [0.4, 0.5) is 8.78 Å². The first-order valence-corrected chi connectivity index (χ1v) is 9.51. The third-order valence-electron chi connectivity index (χ3n) is 4.07. The number of hydrogen-bond acceptors (Lipinski definition) is 1. The minimum absolute atomic E-state index is 0.202. The van der Waals surface area contributed by atoms with E-state index >= 15 is 0 Å². The molecule has 0 aliphatic heterocycles. The van der Waals surface area contributed by atoms with Gasteiger partial charge in [0.05, 0.1) is 0 Å². The number of rotatable bonds is 8. The van der Waals surface area contributed by atoms with Gasteiger partial charge in [-0.15, -0.1) is 0 Å². The Balaban J connectivity index is 0. The molecule has 0 aliphatic carbocycles. The third kappa shape index (κ3) is 11.9. The van der Waals surface area contributed by atoms with Crippen molar-refractivity contribution in [3.05, 3.63) is 41.5 Å². The zero-order valence-corrected chi connectivity index (χ0v) is 17.2. The van der Waals surface area contributed by atoms with E-state index in [1.807, 2.05) is 0 Å². The maximum atomic E-state index is 12.8. The molecule has 1 rings (SSSR count). The summed E-state index contributed by atoms with van der Waals surface area (Å²) in [5.41, 5.74) is 5.02. The number of hydrogen-bond donors (Lipinski definition) is 1. The fourth-order valence-corrected chi connectivity index (χ4v) is 2.64. The highest BCUT2D eigenvalue weighted by Gasteiger charge is 2.08. The van der Waals surface area contributed by atoms with Gasteiger partial charge in [0.25, 0.3) is 0 Å². The van der Waals surface area contributed by atoms with Crippen LogP contribution in [-0.4, -0.2) is 7.05 Å². The molecule has 0 bridgehead atoms. The summed E-state index contributed by atoms with van der Waals surface area (Å²) in [6.45, 7) is 14.1. The van der Waals surface area contributed by atoms with E-state index in [-0.39, 0.29) is 5.56 Å². The molecule has 0 saturated heterocycles. The second-order valence-electron chi connectivity index (χ2n) is 6.72. The molecule has 1 aromatic rings. The molecule has 0 aliphatic rings. The van der Waals surface area contributed by atoms with Crippen molar-refractivity contribution in [2.75, 3.05) is 7.05 Å². The topological polar surface area (TPSA) is 26.0 Å². The fourth-order valence-electron chi connectivity index (χ4n) is 2.64. The smallest absolute Gasteiger partial charge is 0.166 e. The first-order chi connectivity index (χ1) is 11.9. The largest absolute Gasteiger partial charge is 0.333 e. The number of aryl methyl sites for hydroxylation is 1. The normalized spacial score (nSPS) is 10.0. The van der Waals surface area contributed by atoms with Crippen LogP contribution in [0.2, 0.25) is 0 Å². The summed E-state index contributed by atoms with van der Waals surface area (Å²) in [7, 11) is 1.50. The lowest BCUT2D eigenvalue weighted by molar-refractivity contribution is 0.373. The number of halogens is 2. The number of nitrogens with two attached hydrogens (primary N) is 1. The van der Waals surface area contributed by atoms with E-state index in [2.05, 4.69) is 40.0 Å². The Bertz CT molecular complexity index is 450. The van der Waals surface area contributed by atoms with E-state index in [9.17, 15) is 8.78 Å². The van der Waals surface area contributed by atoms with Crippen molar-refractivity contribution in [3.63, 3.8) is 0 Å². The predicted octanol–water partition coefficient (Wildman–Crippen LogP) is 7.13. The van der Waals surface area contributed by atoms with Gasteiger partial charge < -0.3 is 5.73 Å². The van der Waals surface area contributed by atoms with Crippen molar-refractivity contribution >= 4 is 6.08 Å². The van der Waals surface area contributed by atoms with Crippen LogP contribution < -0.4 is 5.73 Å². The Hall–Kier alpha value is -1.22. The molecular weight excluding hydrogens is 316 g/mol. The van der Waals surface area contributed by atoms with Gasteiger partial charge in [0.2, 0.25) is 0 Å². The van der Waals surface area contributed by atoms with Crippen LogP contribution in [0.15, 0.2) is 18.7 Å². The molecule has 146 valence electrons. The fraction of sp³-hybridized carbons (Fsp3) is 0.636. The summed E-state index contributed by atoms with van der Waals surface area (Å²) in [4.78, 5) is 0. The molecule has 0 heterocycles. The van der Waals surface area contributed by atoms with E-state index in [0.29, 0.717) is 5.56 Å². The highest BCUT2D eigenvalue weighted by molar-refractivity contribution is 5.48. The quantitative estimate of drug-likeness (QED) is 0.527. The summed E-state index contributed by atoms with van der Waals surface area (Å²) in [6, 6.07) is 3.02. The van der Waals surface area contributed by atoms with Crippen LogP contribution in [0.1, 0.15) is 77.3 Å². The molecule has 1 nitrogen and oxygen atoms in total. The van der Waals surface area contributed by atoms with Gasteiger partial charge in [0, 0.05) is 5.56 Å². The molecule has 0 aromatic heterocycles. The molecule has 1 aromatic carbocycles. The second-order valence-corrected chi connectivity index (χ2v) is 6.72. The van der Waals surface area contributed by atoms with E-state index in [0.717, 1.165) is 11.8 Å². The SMILES string of the molecule is C=Cc1ccc(C)c(F)c1F.CCCC(CCC)CCC(C)C.CN. The van der Waals surface area contributed by atoms with Gasteiger partial charge >= 0.3 is 0 Å². The summed E-state index contributed by atoms with van der Waals surface area (Å²) in [5.74, 6) is 0.297. The van der Waals surface area contributed by atoms with Crippen molar-refractivity contribution < 1.29 is 8.78 Å². The molecule has 0 amide bonds. The van der Waals surface area contributed by atoms with Gasteiger partial charge in [-0.2, -0.15) is 0 Å². The summed E-state index contributed by atoms with van der Waals surface area (Å²) in [5, 5.41) is 0. The van der Waals surface area contributed by atoms with Crippen molar-refractivity contribution in [2.24, 2.45) is 17.6 Å². The van der Waals surface area contributed by atoms with Crippen molar-refractivity contribution in [1.82, 2.24) is 0 Å². The molecule has 0 atom stereocenters. The van der Waals surface area contributed by atoms with Gasteiger partial charge in [0.1, 0.15) is 0 Å². The van der Waals surface area contributed by atoms with Crippen LogP contribution in [0.3, 0.4) is 0 Å². The first-order valence-electron chi connectivity index (χ1n) is 9.51. The first kappa shape index (κ1) is 26.0. The van der Waals surface area contributed by atoms with Crippen molar-refractivity contribution in [2.45, 2.75) is 73.1 Å². The maximum absolute atomic E-state index is 12.8. The molecular formula is C22H39F2N. The Kier molecular flexibility index (Phi) is 16.9. The van der Waals surface area contributed by atoms with Gasteiger partial charge in [0.15, 0.2) is 11.6 Å². The molecule has 0 radical (unpaired) electrons. The lowest BCUT2D eigenvalue weighted by atomic mass is 9.91. The lowest BCUT2D eigenvalue weighted by Gasteiger charge is -2.15. The van der Waals surface area contributed by atoms with Gasteiger partial charge in [-0.05, 0) is 31.4 Å². The van der Waals surface area contributed by atoms with Gasteiger partial charge in [-0.25, -0.2) is 8.78 Å². The Morgan fingerprint density at radius 2 is 1.48 bits per heavy atom. The number of benzene rings is 1. The van der Waals surface area contributed by atoms with Crippen LogP contribution in [0.5, 0.6) is 0 Å². The zero-order chi connectivity index (χ0) is 19.8. The van der Waals surface area contributed by atoms with E-state index in [4.69, 9.17) is 0 Å². The van der Waals surface area contributed by atoms with E-state index in [1.54, 1.807) is 0 Å². The van der Waals surface area contributed by atoms with Crippen molar-refractivity contribution in [3.8, 4) is 0 Å². The lowest BCUT2D eigenvalue weighted by Crippen LogP contribution is -2.01.